The van der Waals surface area contributed by atoms with Crippen LogP contribution in [-0.2, 0) is 5.41 Å². The maximum absolute atomic E-state index is 12.4. The van der Waals surface area contributed by atoms with Gasteiger partial charge in [0.1, 0.15) is 0 Å². The lowest BCUT2D eigenvalue weighted by molar-refractivity contribution is 0.0993. The number of anilines is 1. The zero-order chi connectivity index (χ0) is 14.8. The van der Waals surface area contributed by atoms with Crippen molar-refractivity contribution in [3.63, 3.8) is 0 Å². The van der Waals surface area contributed by atoms with Crippen molar-refractivity contribution in [2.45, 2.75) is 26.2 Å². The molecule has 0 aliphatic carbocycles. The summed E-state index contributed by atoms with van der Waals surface area (Å²) in [4.78, 5) is 14.1. The van der Waals surface area contributed by atoms with Crippen molar-refractivity contribution in [1.29, 1.82) is 0 Å². The normalized spacial score (nSPS) is 11.2. The summed E-state index contributed by atoms with van der Waals surface area (Å²) in [5.41, 5.74) is 2.95. The molecule has 2 aromatic carbocycles. The van der Waals surface area contributed by atoms with Crippen LogP contribution in [0.4, 0.5) is 5.69 Å². The van der Waals surface area contributed by atoms with Crippen LogP contribution in [0.3, 0.4) is 0 Å². The van der Waals surface area contributed by atoms with E-state index in [1.54, 1.807) is 11.9 Å². The lowest BCUT2D eigenvalue weighted by Gasteiger charge is -2.20. The van der Waals surface area contributed by atoms with E-state index in [0.717, 1.165) is 5.69 Å². The van der Waals surface area contributed by atoms with Crippen molar-refractivity contribution in [2.24, 2.45) is 0 Å². The van der Waals surface area contributed by atoms with Crippen LogP contribution in [0.5, 0.6) is 0 Å². The maximum Gasteiger partial charge on any atom is 0.258 e. The molecule has 0 aromatic heterocycles. The molecule has 2 rings (SSSR count). The number of nitrogens with zero attached hydrogens (tertiary/aromatic N) is 1. The SMILES string of the molecule is CN(C(=O)c1ccc(C(C)(C)C)cc1)c1ccccc1. The third kappa shape index (κ3) is 3.08. The van der Waals surface area contributed by atoms with Crippen LogP contribution < -0.4 is 4.90 Å². The number of para-hydroxylation sites is 1. The van der Waals surface area contributed by atoms with Crippen LogP contribution in [0, 0.1) is 0 Å². The lowest BCUT2D eigenvalue weighted by Crippen LogP contribution is -2.26. The van der Waals surface area contributed by atoms with Crippen molar-refractivity contribution in [1.82, 2.24) is 0 Å². The van der Waals surface area contributed by atoms with Crippen molar-refractivity contribution in [2.75, 3.05) is 11.9 Å². The van der Waals surface area contributed by atoms with Crippen molar-refractivity contribution < 1.29 is 4.79 Å². The monoisotopic (exact) mass is 267 g/mol. The molecule has 2 heteroatoms. The Balaban J connectivity index is 2.22. The standard InChI is InChI=1S/C18H21NO/c1-18(2,3)15-12-10-14(11-13-15)17(20)19(4)16-8-6-5-7-9-16/h5-13H,1-4H3. The van der Waals surface area contributed by atoms with Gasteiger partial charge in [-0.25, -0.2) is 0 Å². The first-order valence-corrected chi connectivity index (χ1v) is 6.83. The second-order valence-corrected chi connectivity index (χ2v) is 6.03. The zero-order valence-electron chi connectivity index (χ0n) is 12.6. The van der Waals surface area contributed by atoms with Gasteiger partial charge in [-0.05, 0) is 35.2 Å². The van der Waals surface area contributed by atoms with Gasteiger partial charge < -0.3 is 4.90 Å². The highest BCUT2D eigenvalue weighted by Gasteiger charge is 2.16. The number of hydrogen-bond donors (Lipinski definition) is 0. The Hall–Kier alpha value is -2.09. The van der Waals surface area contributed by atoms with Gasteiger partial charge in [0.05, 0.1) is 0 Å². The first kappa shape index (κ1) is 14.3. The van der Waals surface area contributed by atoms with E-state index in [0.29, 0.717) is 5.56 Å². The fourth-order valence-electron chi connectivity index (χ4n) is 2.08. The second-order valence-electron chi connectivity index (χ2n) is 6.03. The number of carbonyl (C=O) groups excluding carboxylic acids is 1. The summed E-state index contributed by atoms with van der Waals surface area (Å²) in [5, 5.41) is 0. The molecule has 0 heterocycles. The smallest absolute Gasteiger partial charge is 0.258 e. The van der Waals surface area contributed by atoms with Gasteiger partial charge in [0.2, 0.25) is 0 Å². The Kier molecular flexibility index (Phi) is 3.93. The largest absolute Gasteiger partial charge is 0.311 e. The highest BCUT2D eigenvalue weighted by molar-refractivity contribution is 6.05. The van der Waals surface area contributed by atoms with Crippen LogP contribution >= 0.6 is 0 Å². The Morgan fingerprint density at radius 2 is 1.45 bits per heavy atom. The number of amides is 1. The van der Waals surface area contributed by atoms with E-state index < -0.39 is 0 Å². The maximum atomic E-state index is 12.4. The van der Waals surface area contributed by atoms with E-state index in [1.165, 1.54) is 5.56 Å². The Morgan fingerprint density at radius 3 is 1.95 bits per heavy atom. The molecule has 0 unspecified atom stereocenters. The molecule has 0 atom stereocenters. The van der Waals surface area contributed by atoms with E-state index in [-0.39, 0.29) is 11.3 Å². The molecule has 20 heavy (non-hydrogen) atoms. The van der Waals surface area contributed by atoms with Gasteiger partial charge in [-0.1, -0.05) is 51.1 Å². The van der Waals surface area contributed by atoms with E-state index in [4.69, 9.17) is 0 Å². The second kappa shape index (κ2) is 5.49. The Bertz CT molecular complexity index is 579. The van der Waals surface area contributed by atoms with Gasteiger partial charge in [0.25, 0.3) is 5.91 Å². The molecule has 0 radical (unpaired) electrons. The van der Waals surface area contributed by atoms with Crippen molar-refractivity contribution in [3.8, 4) is 0 Å². The fourth-order valence-corrected chi connectivity index (χ4v) is 2.08. The van der Waals surface area contributed by atoms with Crippen LogP contribution in [0.15, 0.2) is 54.6 Å². The molecule has 0 N–H and O–H groups in total. The van der Waals surface area contributed by atoms with E-state index >= 15 is 0 Å². The summed E-state index contributed by atoms with van der Waals surface area (Å²) in [7, 11) is 1.80. The highest BCUT2D eigenvalue weighted by Crippen LogP contribution is 2.23. The molecule has 0 aliphatic heterocycles. The highest BCUT2D eigenvalue weighted by atomic mass is 16.2. The minimum absolute atomic E-state index is 0.0108. The molecule has 0 bridgehead atoms. The molecule has 2 aromatic rings. The fraction of sp³-hybridized carbons (Fsp3) is 0.278. The summed E-state index contributed by atoms with van der Waals surface area (Å²) >= 11 is 0. The van der Waals surface area contributed by atoms with Crippen LogP contribution in [-0.4, -0.2) is 13.0 Å². The lowest BCUT2D eigenvalue weighted by atomic mass is 9.86. The first-order valence-electron chi connectivity index (χ1n) is 6.83. The van der Waals surface area contributed by atoms with E-state index in [2.05, 4.69) is 20.8 Å². The molecule has 0 spiro atoms. The van der Waals surface area contributed by atoms with Gasteiger partial charge in [0.15, 0.2) is 0 Å². The molecule has 0 saturated heterocycles. The molecule has 104 valence electrons. The van der Waals surface area contributed by atoms with Crippen LogP contribution in [0.2, 0.25) is 0 Å². The average Bonchev–Trinajstić information content (AvgIpc) is 2.46. The van der Waals surface area contributed by atoms with E-state index in [1.807, 2.05) is 54.6 Å². The minimum atomic E-state index is 0.0108. The zero-order valence-corrected chi connectivity index (χ0v) is 12.6. The molecule has 0 fully saturated rings. The molecular weight excluding hydrogens is 246 g/mol. The number of rotatable bonds is 2. The Labute approximate surface area is 121 Å². The van der Waals surface area contributed by atoms with Crippen LogP contribution in [0.25, 0.3) is 0 Å². The number of carbonyl (C=O) groups is 1. The molecule has 2 nitrogen and oxygen atoms in total. The number of benzene rings is 2. The van der Waals surface area contributed by atoms with Gasteiger partial charge in [0, 0.05) is 18.3 Å². The summed E-state index contributed by atoms with van der Waals surface area (Å²) in [6.45, 7) is 6.50. The Morgan fingerprint density at radius 1 is 0.900 bits per heavy atom. The van der Waals surface area contributed by atoms with Crippen LogP contribution in [0.1, 0.15) is 36.7 Å². The van der Waals surface area contributed by atoms with E-state index in [9.17, 15) is 4.79 Å². The average molecular weight is 267 g/mol. The predicted octanol–water partition coefficient (Wildman–Crippen LogP) is 4.26. The summed E-state index contributed by atoms with van der Waals surface area (Å²) < 4.78 is 0. The molecule has 0 saturated carbocycles. The molecule has 1 amide bonds. The van der Waals surface area contributed by atoms with Gasteiger partial charge in [-0.3, -0.25) is 4.79 Å². The van der Waals surface area contributed by atoms with Gasteiger partial charge in [-0.2, -0.15) is 0 Å². The minimum Gasteiger partial charge on any atom is -0.311 e. The van der Waals surface area contributed by atoms with Gasteiger partial charge >= 0.3 is 0 Å². The summed E-state index contributed by atoms with van der Waals surface area (Å²) in [6.07, 6.45) is 0. The van der Waals surface area contributed by atoms with Gasteiger partial charge in [-0.15, -0.1) is 0 Å². The summed E-state index contributed by atoms with van der Waals surface area (Å²) in [6, 6.07) is 17.6. The summed E-state index contributed by atoms with van der Waals surface area (Å²) in [5.74, 6) is 0.0108. The predicted molar refractivity (Wildman–Crippen MR) is 84.3 cm³/mol. The quantitative estimate of drug-likeness (QED) is 0.796. The number of hydrogen-bond acceptors (Lipinski definition) is 1. The third-order valence-corrected chi connectivity index (χ3v) is 3.45. The van der Waals surface area contributed by atoms with Crippen molar-refractivity contribution >= 4 is 11.6 Å². The third-order valence-electron chi connectivity index (χ3n) is 3.45. The van der Waals surface area contributed by atoms with Crippen molar-refractivity contribution in [3.05, 3.63) is 65.7 Å². The molecular formula is C18H21NO. The first-order chi connectivity index (χ1) is 9.39. The molecule has 0 aliphatic rings. The topological polar surface area (TPSA) is 20.3 Å².